The van der Waals surface area contributed by atoms with E-state index in [9.17, 15) is 0 Å². The molecule has 2 unspecified atom stereocenters. The van der Waals surface area contributed by atoms with E-state index in [1.165, 1.54) is 25.7 Å². The first kappa shape index (κ1) is 8.59. The van der Waals surface area contributed by atoms with E-state index in [2.05, 4.69) is 6.92 Å². The maximum Gasteiger partial charge on any atom is -0.0383 e. The summed E-state index contributed by atoms with van der Waals surface area (Å²) >= 11 is 0. The Labute approximate surface area is 76.7 Å². The summed E-state index contributed by atoms with van der Waals surface area (Å²) in [5.74, 6) is 3.41. The van der Waals surface area contributed by atoms with E-state index < -0.39 is 0 Å². The monoisotopic (exact) mass is 166 g/mol. The minimum Gasteiger partial charge on any atom is -0.0654 e. The van der Waals surface area contributed by atoms with Crippen LogP contribution >= 0.6 is 0 Å². The van der Waals surface area contributed by atoms with E-state index in [1.807, 2.05) is 0 Å². The molecule has 2 aliphatic carbocycles. The van der Waals surface area contributed by atoms with E-state index in [4.69, 9.17) is 0 Å². The van der Waals surface area contributed by atoms with E-state index in [0.717, 1.165) is 17.8 Å². The van der Waals surface area contributed by atoms with E-state index >= 15 is 0 Å². The third kappa shape index (κ3) is 1.67. The largest absolute Gasteiger partial charge is 0.0654 e. The molecule has 2 rings (SSSR count). The summed E-state index contributed by atoms with van der Waals surface area (Å²) in [5, 5.41) is 0. The first-order valence-corrected chi connectivity index (χ1v) is 5.90. The highest BCUT2D eigenvalue weighted by Gasteiger charge is 2.34. The van der Waals surface area contributed by atoms with Gasteiger partial charge in [-0.05, 0) is 30.6 Å². The zero-order valence-corrected chi connectivity index (χ0v) is 8.39. The van der Waals surface area contributed by atoms with E-state index in [0.29, 0.717) is 0 Å². The fourth-order valence-corrected chi connectivity index (χ4v) is 3.50. The Balaban J connectivity index is 1.85. The molecule has 0 radical (unpaired) electrons. The Bertz CT molecular complexity index is 125. The fraction of sp³-hybridized carbons (Fsp3) is 1.00. The molecular formula is C12H22. The predicted molar refractivity (Wildman–Crippen MR) is 53.1 cm³/mol. The molecule has 2 aliphatic rings. The van der Waals surface area contributed by atoms with Gasteiger partial charge in [0.1, 0.15) is 0 Å². The van der Waals surface area contributed by atoms with Crippen LogP contribution in [0.25, 0.3) is 0 Å². The van der Waals surface area contributed by atoms with Gasteiger partial charge in [-0.1, -0.05) is 45.4 Å². The molecule has 0 aliphatic heterocycles. The SMILES string of the molecule is CCCC1CC2CCCCC2C1. The molecule has 12 heavy (non-hydrogen) atoms. The summed E-state index contributed by atoms with van der Waals surface area (Å²) in [5.41, 5.74) is 0. The average molecular weight is 166 g/mol. The summed E-state index contributed by atoms with van der Waals surface area (Å²) in [4.78, 5) is 0. The van der Waals surface area contributed by atoms with Crippen LogP contribution in [-0.2, 0) is 0 Å². The molecule has 70 valence electrons. The van der Waals surface area contributed by atoms with Crippen molar-refractivity contribution in [3.05, 3.63) is 0 Å². The van der Waals surface area contributed by atoms with Gasteiger partial charge in [0.15, 0.2) is 0 Å². The van der Waals surface area contributed by atoms with Gasteiger partial charge in [0.2, 0.25) is 0 Å². The van der Waals surface area contributed by atoms with Crippen molar-refractivity contribution in [1.82, 2.24) is 0 Å². The van der Waals surface area contributed by atoms with E-state index in [-0.39, 0.29) is 0 Å². The van der Waals surface area contributed by atoms with Crippen LogP contribution < -0.4 is 0 Å². The molecule has 2 fully saturated rings. The van der Waals surface area contributed by atoms with Crippen LogP contribution in [0.2, 0.25) is 0 Å². The lowest BCUT2D eigenvalue weighted by Crippen LogP contribution is -2.12. The number of fused-ring (bicyclic) bond motifs is 1. The molecule has 0 spiro atoms. The smallest absolute Gasteiger partial charge is 0.0383 e. The lowest BCUT2D eigenvalue weighted by atomic mass is 9.82. The topological polar surface area (TPSA) is 0 Å². The van der Waals surface area contributed by atoms with Gasteiger partial charge in [0.05, 0.1) is 0 Å². The van der Waals surface area contributed by atoms with Crippen LogP contribution in [0, 0.1) is 17.8 Å². The third-order valence-corrected chi connectivity index (χ3v) is 4.04. The molecule has 0 amide bonds. The fourth-order valence-electron chi connectivity index (χ4n) is 3.50. The van der Waals surface area contributed by atoms with Crippen molar-refractivity contribution in [3.63, 3.8) is 0 Å². The highest BCUT2D eigenvalue weighted by molar-refractivity contribution is 4.85. The summed E-state index contributed by atoms with van der Waals surface area (Å²) in [7, 11) is 0. The highest BCUT2D eigenvalue weighted by Crippen LogP contribution is 2.46. The van der Waals surface area contributed by atoms with Crippen molar-refractivity contribution in [3.8, 4) is 0 Å². The second-order valence-electron chi connectivity index (χ2n) is 4.93. The number of hydrogen-bond acceptors (Lipinski definition) is 0. The van der Waals surface area contributed by atoms with Gasteiger partial charge in [-0.3, -0.25) is 0 Å². The second-order valence-corrected chi connectivity index (χ2v) is 4.93. The van der Waals surface area contributed by atoms with Gasteiger partial charge in [0, 0.05) is 0 Å². The molecule has 0 heteroatoms. The Morgan fingerprint density at radius 3 is 2.08 bits per heavy atom. The number of hydrogen-bond donors (Lipinski definition) is 0. The molecular weight excluding hydrogens is 144 g/mol. The number of rotatable bonds is 2. The molecule has 0 nitrogen and oxygen atoms in total. The zero-order chi connectivity index (χ0) is 8.39. The Morgan fingerprint density at radius 1 is 1.00 bits per heavy atom. The van der Waals surface area contributed by atoms with Crippen LogP contribution in [0.4, 0.5) is 0 Å². The van der Waals surface area contributed by atoms with Gasteiger partial charge < -0.3 is 0 Å². The van der Waals surface area contributed by atoms with Crippen molar-refractivity contribution in [1.29, 1.82) is 0 Å². The molecule has 0 saturated heterocycles. The van der Waals surface area contributed by atoms with Crippen LogP contribution in [0.1, 0.15) is 58.3 Å². The Hall–Kier alpha value is 0. The van der Waals surface area contributed by atoms with Gasteiger partial charge in [-0.2, -0.15) is 0 Å². The summed E-state index contributed by atoms with van der Waals surface area (Å²) in [6, 6.07) is 0. The van der Waals surface area contributed by atoms with Crippen LogP contribution in [0.3, 0.4) is 0 Å². The summed E-state index contributed by atoms with van der Waals surface area (Å²) in [6.07, 6.45) is 12.3. The second kappa shape index (κ2) is 3.81. The highest BCUT2D eigenvalue weighted by atomic mass is 14.4. The van der Waals surface area contributed by atoms with Crippen molar-refractivity contribution in [2.45, 2.75) is 58.3 Å². The molecule has 0 bridgehead atoms. The maximum atomic E-state index is 2.34. The average Bonchev–Trinajstić information content (AvgIpc) is 2.47. The predicted octanol–water partition coefficient (Wildman–Crippen LogP) is 4.00. The normalized spacial score (nSPS) is 41.2. The zero-order valence-electron chi connectivity index (χ0n) is 8.39. The summed E-state index contributed by atoms with van der Waals surface area (Å²) in [6.45, 7) is 2.34. The van der Waals surface area contributed by atoms with Crippen molar-refractivity contribution in [2.24, 2.45) is 17.8 Å². The van der Waals surface area contributed by atoms with Gasteiger partial charge in [-0.15, -0.1) is 0 Å². The van der Waals surface area contributed by atoms with Gasteiger partial charge in [-0.25, -0.2) is 0 Å². The standard InChI is InChI=1S/C12H22/c1-2-5-10-8-11-6-3-4-7-12(11)9-10/h10-12H,2-9H2,1H3. The van der Waals surface area contributed by atoms with Crippen molar-refractivity contribution < 1.29 is 0 Å². The van der Waals surface area contributed by atoms with E-state index in [1.54, 1.807) is 25.7 Å². The molecule has 0 aromatic rings. The van der Waals surface area contributed by atoms with Gasteiger partial charge in [0.25, 0.3) is 0 Å². The lowest BCUT2D eigenvalue weighted by molar-refractivity contribution is 0.277. The van der Waals surface area contributed by atoms with Crippen molar-refractivity contribution >= 4 is 0 Å². The first-order valence-electron chi connectivity index (χ1n) is 5.90. The third-order valence-electron chi connectivity index (χ3n) is 4.04. The molecule has 2 atom stereocenters. The van der Waals surface area contributed by atoms with Gasteiger partial charge >= 0.3 is 0 Å². The van der Waals surface area contributed by atoms with Crippen molar-refractivity contribution in [2.75, 3.05) is 0 Å². The summed E-state index contributed by atoms with van der Waals surface area (Å²) < 4.78 is 0. The van der Waals surface area contributed by atoms with Crippen LogP contribution in [-0.4, -0.2) is 0 Å². The molecule has 0 aromatic heterocycles. The quantitative estimate of drug-likeness (QED) is 0.581. The molecule has 0 aromatic carbocycles. The minimum absolute atomic E-state index is 1.11. The molecule has 2 saturated carbocycles. The maximum absolute atomic E-state index is 2.34. The first-order chi connectivity index (χ1) is 5.90. The lowest BCUT2D eigenvalue weighted by Gasteiger charge is -2.24. The van der Waals surface area contributed by atoms with Crippen LogP contribution in [0.15, 0.2) is 0 Å². The van der Waals surface area contributed by atoms with Crippen LogP contribution in [0.5, 0.6) is 0 Å². The molecule has 0 N–H and O–H groups in total. The molecule has 0 heterocycles. The Morgan fingerprint density at radius 2 is 1.58 bits per heavy atom. The minimum atomic E-state index is 1.11. The Kier molecular flexibility index (Phi) is 2.73.